The highest BCUT2D eigenvalue weighted by atomic mass is 16.2. The minimum atomic E-state index is -0.605. The number of carbonyl (C=O) groups excluding carboxylic acids is 2. The fourth-order valence-electron chi connectivity index (χ4n) is 1.60. The lowest BCUT2D eigenvalue weighted by atomic mass is 10.2. The van der Waals surface area contributed by atoms with Crippen LogP contribution in [0.4, 0.5) is 5.69 Å². The van der Waals surface area contributed by atoms with Crippen molar-refractivity contribution in [3.8, 4) is 0 Å². The van der Waals surface area contributed by atoms with Gasteiger partial charge in [0, 0.05) is 20.6 Å². The van der Waals surface area contributed by atoms with Gasteiger partial charge < -0.3 is 16.0 Å². The van der Waals surface area contributed by atoms with E-state index >= 15 is 0 Å². The predicted molar refractivity (Wildman–Crippen MR) is 67.9 cm³/mol. The van der Waals surface area contributed by atoms with Gasteiger partial charge in [0.15, 0.2) is 0 Å². The fraction of sp³-hybridized carbons (Fsp3) is 0.545. The molecule has 0 aliphatic carbocycles. The zero-order valence-corrected chi connectivity index (χ0v) is 11.1. The maximum Gasteiger partial charge on any atom is 0.272 e. The molecular formula is C11H19N5O2. The number of nitrogens with two attached hydrogens (primary N) is 1. The number of nitrogen functional groups attached to an aromatic ring is 1. The van der Waals surface area contributed by atoms with Crippen molar-refractivity contribution >= 4 is 17.5 Å². The van der Waals surface area contributed by atoms with Crippen LogP contribution in [0.5, 0.6) is 0 Å². The van der Waals surface area contributed by atoms with Crippen LogP contribution in [0.3, 0.4) is 0 Å². The van der Waals surface area contributed by atoms with E-state index in [0.29, 0.717) is 12.2 Å². The van der Waals surface area contributed by atoms with Crippen molar-refractivity contribution in [1.82, 2.24) is 20.0 Å². The van der Waals surface area contributed by atoms with Crippen LogP contribution in [-0.2, 0) is 11.3 Å². The molecule has 0 radical (unpaired) electrons. The molecule has 0 fully saturated rings. The monoisotopic (exact) mass is 253 g/mol. The van der Waals surface area contributed by atoms with Gasteiger partial charge in [0.2, 0.25) is 5.91 Å². The Morgan fingerprint density at radius 3 is 2.67 bits per heavy atom. The average molecular weight is 253 g/mol. The fourth-order valence-corrected chi connectivity index (χ4v) is 1.60. The van der Waals surface area contributed by atoms with E-state index < -0.39 is 11.9 Å². The van der Waals surface area contributed by atoms with Gasteiger partial charge in [-0.05, 0) is 13.8 Å². The Balaban J connectivity index is 2.83. The number of amides is 2. The van der Waals surface area contributed by atoms with Crippen molar-refractivity contribution in [2.24, 2.45) is 0 Å². The van der Waals surface area contributed by atoms with Gasteiger partial charge in [-0.15, -0.1) is 0 Å². The molecule has 0 aliphatic heterocycles. The molecule has 3 N–H and O–H groups in total. The summed E-state index contributed by atoms with van der Waals surface area (Å²) in [4.78, 5) is 25.1. The van der Waals surface area contributed by atoms with E-state index in [4.69, 9.17) is 5.73 Å². The molecule has 1 atom stereocenters. The molecule has 0 saturated carbocycles. The van der Waals surface area contributed by atoms with Gasteiger partial charge >= 0.3 is 0 Å². The number of likely N-dealkylation sites (N-methyl/N-ethyl adjacent to an activating group) is 1. The van der Waals surface area contributed by atoms with Crippen molar-refractivity contribution in [2.75, 3.05) is 19.8 Å². The van der Waals surface area contributed by atoms with E-state index in [0.717, 1.165) is 0 Å². The van der Waals surface area contributed by atoms with Crippen LogP contribution in [0.1, 0.15) is 24.3 Å². The van der Waals surface area contributed by atoms with Gasteiger partial charge in [-0.2, -0.15) is 5.10 Å². The van der Waals surface area contributed by atoms with Crippen LogP contribution < -0.4 is 11.1 Å². The molecule has 7 heteroatoms. The van der Waals surface area contributed by atoms with Crippen molar-refractivity contribution in [2.45, 2.75) is 26.4 Å². The summed E-state index contributed by atoms with van der Waals surface area (Å²) in [6, 6.07) is -0.605. The maximum atomic E-state index is 12.0. The van der Waals surface area contributed by atoms with E-state index in [1.54, 1.807) is 21.0 Å². The summed E-state index contributed by atoms with van der Waals surface area (Å²) >= 11 is 0. The van der Waals surface area contributed by atoms with E-state index in [2.05, 4.69) is 10.4 Å². The van der Waals surface area contributed by atoms with Crippen molar-refractivity contribution in [1.29, 1.82) is 0 Å². The Morgan fingerprint density at radius 2 is 2.17 bits per heavy atom. The van der Waals surface area contributed by atoms with Gasteiger partial charge in [-0.1, -0.05) is 0 Å². The summed E-state index contributed by atoms with van der Waals surface area (Å²) in [7, 11) is 3.27. The highest BCUT2D eigenvalue weighted by molar-refractivity contribution is 5.99. The Labute approximate surface area is 106 Å². The summed E-state index contributed by atoms with van der Waals surface area (Å²) in [5.41, 5.74) is 6.28. The van der Waals surface area contributed by atoms with E-state index in [1.165, 1.54) is 15.8 Å². The lowest BCUT2D eigenvalue weighted by Gasteiger charge is -2.18. The number of nitrogens with zero attached hydrogens (tertiary/aromatic N) is 3. The first kappa shape index (κ1) is 14.0. The number of aryl methyl sites for hydroxylation is 1. The number of hydrogen-bond donors (Lipinski definition) is 2. The molecule has 0 spiro atoms. The predicted octanol–water partition coefficient (Wildman–Crippen LogP) is -0.308. The molecule has 0 aromatic carbocycles. The molecule has 1 heterocycles. The van der Waals surface area contributed by atoms with E-state index in [9.17, 15) is 9.59 Å². The normalized spacial score (nSPS) is 12.0. The first-order valence-corrected chi connectivity index (χ1v) is 5.71. The largest absolute Gasteiger partial charge is 0.396 e. The van der Waals surface area contributed by atoms with Crippen molar-refractivity contribution < 1.29 is 9.59 Å². The third-order valence-corrected chi connectivity index (χ3v) is 2.54. The van der Waals surface area contributed by atoms with Crippen LogP contribution in [0.2, 0.25) is 0 Å². The first-order chi connectivity index (χ1) is 8.38. The number of anilines is 1. The van der Waals surface area contributed by atoms with Crippen molar-refractivity contribution in [3.63, 3.8) is 0 Å². The van der Waals surface area contributed by atoms with E-state index in [-0.39, 0.29) is 11.6 Å². The van der Waals surface area contributed by atoms with Gasteiger partial charge in [0.1, 0.15) is 11.7 Å². The lowest BCUT2D eigenvalue weighted by Crippen LogP contribution is -2.44. The number of rotatable bonds is 4. The summed E-state index contributed by atoms with van der Waals surface area (Å²) in [6.07, 6.45) is 1.43. The summed E-state index contributed by atoms with van der Waals surface area (Å²) in [6.45, 7) is 4.02. The highest BCUT2D eigenvalue weighted by Crippen LogP contribution is 2.10. The van der Waals surface area contributed by atoms with Crippen LogP contribution in [0.25, 0.3) is 0 Å². The first-order valence-electron chi connectivity index (χ1n) is 5.71. The molecule has 7 nitrogen and oxygen atoms in total. The number of aromatic nitrogens is 2. The zero-order chi connectivity index (χ0) is 13.9. The molecule has 0 bridgehead atoms. The van der Waals surface area contributed by atoms with Gasteiger partial charge in [0.25, 0.3) is 5.91 Å². The third kappa shape index (κ3) is 2.79. The molecule has 0 aliphatic rings. The summed E-state index contributed by atoms with van der Waals surface area (Å²) in [5, 5.41) is 6.59. The van der Waals surface area contributed by atoms with Crippen LogP contribution in [0.15, 0.2) is 6.20 Å². The zero-order valence-electron chi connectivity index (χ0n) is 11.1. The second-order valence-corrected chi connectivity index (χ2v) is 4.19. The highest BCUT2D eigenvalue weighted by Gasteiger charge is 2.22. The molecule has 0 saturated heterocycles. The smallest absolute Gasteiger partial charge is 0.272 e. The van der Waals surface area contributed by atoms with Crippen LogP contribution in [-0.4, -0.2) is 46.6 Å². The number of nitrogens with one attached hydrogen (secondary N) is 1. The maximum absolute atomic E-state index is 12.0. The Morgan fingerprint density at radius 1 is 1.56 bits per heavy atom. The molecule has 1 rings (SSSR count). The van der Waals surface area contributed by atoms with Gasteiger partial charge in [0.05, 0.1) is 11.9 Å². The molecule has 1 unspecified atom stereocenters. The molecule has 18 heavy (non-hydrogen) atoms. The molecular weight excluding hydrogens is 234 g/mol. The average Bonchev–Trinajstić information content (AvgIpc) is 2.68. The van der Waals surface area contributed by atoms with Crippen LogP contribution in [0, 0.1) is 0 Å². The molecule has 1 aromatic heterocycles. The summed E-state index contributed by atoms with van der Waals surface area (Å²) < 4.78 is 1.50. The lowest BCUT2D eigenvalue weighted by molar-refractivity contribution is -0.130. The molecule has 1 aromatic rings. The van der Waals surface area contributed by atoms with Crippen LogP contribution >= 0.6 is 0 Å². The molecule has 2 amide bonds. The Bertz CT molecular complexity index is 452. The number of carbonyl (C=O) groups is 2. The third-order valence-electron chi connectivity index (χ3n) is 2.54. The standard InChI is InChI=1S/C11H19N5O2/c1-5-16-9(8(12)6-13-16)10(17)14-7(2)11(18)15(3)4/h6-7H,5,12H2,1-4H3,(H,14,17). The summed E-state index contributed by atoms with van der Waals surface area (Å²) in [5.74, 6) is -0.570. The quantitative estimate of drug-likeness (QED) is 0.770. The van der Waals surface area contributed by atoms with Crippen molar-refractivity contribution in [3.05, 3.63) is 11.9 Å². The number of hydrogen-bond acceptors (Lipinski definition) is 4. The molecule has 100 valence electrons. The van der Waals surface area contributed by atoms with E-state index in [1.807, 2.05) is 6.92 Å². The minimum Gasteiger partial charge on any atom is -0.396 e. The second-order valence-electron chi connectivity index (χ2n) is 4.19. The SMILES string of the molecule is CCn1ncc(N)c1C(=O)NC(C)C(=O)N(C)C. The van der Waals surface area contributed by atoms with Gasteiger partial charge in [-0.3, -0.25) is 14.3 Å². The Kier molecular flexibility index (Phi) is 4.30. The van der Waals surface area contributed by atoms with Gasteiger partial charge in [-0.25, -0.2) is 0 Å². The minimum absolute atomic E-state index is 0.176. The Hall–Kier alpha value is -2.05. The topological polar surface area (TPSA) is 93.2 Å². The second kappa shape index (κ2) is 5.52.